The number of hydrogen-bond acceptors (Lipinski definition) is 2. The average Bonchev–Trinajstić information content (AvgIpc) is 2.33. The van der Waals surface area contributed by atoms with E-state index in [0.717, 1.165) is 13.0 Å². The highest BCUT2D eigenvalue weighted by atomic mass is 16.2. The van der Waals surface area contributed by atoms with Gasteiger partial charge in [-0.3, -0.25) is 4.79 Å². The summed E-state index contributed by atoms with van der Waals surface area (Å²) in [4.78, 5) is 13.7. The van der Waals surface area contributed by atoms with E-state index < -0.39 is 0 Å². The molecular formula is C15H24N2O. The van der Waals surface area contributed by atoms with Crippen LogP contribution in [0.3, 0.4) is 0 Å². The van der Waals surface area contributed by atoms with E-state index >= 15 is 0 Å². The zero-order valence-corrected chi connectivity index (χ0v) is 11.6. The van der Waals surface area contributed by atoms with Gasteiger partial charge in [-0.1, -0.05) is 43.7 Å². The van der Waals surface area contributed by atoms with Gasteiger partial charge in [0.05, 0.1) is 6.54 Å². The van der Waals surface area contributed by atoms with Gasteiger partial charge in [0, 0.05) is 13.1 Å². The fraction of sp³-hybridized carbons (Fsp3) is 0.533. The van der Waals surface area contributed by atoms with Crippen molar-refractivity contribution in [2.75, 3.05) is 13.1 Å². The lowest BCUT2D eigenvalue weighted by Crippen LogP contribution is -2.36. The molecule has 0 atom stereocenters. The molecule has 0 heterocycles. The second-order valence-corrected chi connectivity index (χ2v) is 5.19. The Kier molecular flexibility index (Phi) is 5.86. The summed E-state index contributed by atoms with van der Waals surface area (Å²) in [6.45, 7) is 7.91. The molecule has 1 rings (SSSR count). The smallest absolute Gasteiger partial charge is 0.236 e. The molecule has 1 aromatic rings. The topological polar surface area (TPSA) is 46.3 Å². The number of aryl methyl sites for hydroxylation is 1. The highest BCUT2D eigenvalue weighted by Gasteiger charge is 2.12. The van der Waals surface area contributed by atoms with Crippen LogP contribution in [-0.2, 0) is 11.3 Å². The van der Waals surface area contributed by atoms with Crippen LogP contribution in [0.5, 0.6) is 0 Å². The molecule has 0 spiro atoms. The fourth-order valence-corrected chi connectivity index (χ4v) is 1.87. The van der Waals surface area contributed by atoms with Gasteiger partial charge in [-0.15, -0.1) is 0 Å². The van der Waals surface area contributed by atoms with Crippen molar-refractivity contribution in [3.05, 3.63) is 35.4 Å². The van der Waals surface area contributed by atoms with E-state index in [1.165, 1.54) is 11.1 Å². The Morgan fingerprint density at radius 3 is 2.67 bits per heavy atom. The molecular weight excluding hydrogens is 224 g/mol. The zero-order valence-electron chi connectivity index (χ0n) is 11.6. The standard InChI is InChI=1S/C15H24N2O/c1-12(2)7-8-17(15(18)10-16)11-14-6-4-5-13(3)9-14/h4-6,9,12H,7-8,10-11,16H2,1-3H3. The molecule has 1 aromatic carbocycles. The molecule has 0 fully saturated rings. The molecule has 0 aliphatic rings. The van der Waals surface area contributed by atoms with E-state index in [9.17, 15) is 4.79 Å². The third kappa shape index (κ3) is 4.88. The number of hydrogen-bond donors (Lipinski definition) is 1. The Bertz CT molecular complexity index is 388. The number of carbonyl (C=O) groups excluding carboxylic acids is 1. The first-order chi connectivity index (χ1) is 8.52. The number of nitrogens with two attached hydrogens (primary N) is 1. The fourth-order valence-electron chi connectivity index (χ4n) is 1.87. The molecule has 18 heavy (non-hydrogen) atoms. The molecule has 0 radical (unpaired) electrons. The van der Waals surface area contributed by atoms with Crippen molar-refractivity contribution < 1.29 is 4.79 Å². The maximum atomic E-state index is 11.8. The summed E-state index contributed by atoms with van der Waals surface area (Å²) in [6.07, 6.45) is 1.01. The minimum atomic E-state index is 0.0251. The van der Waals surface area contributed by atoms with Crippen LogP contribution >= 0.6 is 0 Å². The first-order valence-corrected chi connectivity index (χ1v) is 6.56. The Morgan fingerprint density at radius 1 is 1.39 bits per heavy atom. The van der Waals surface area contributed by atoms with E-state index in [0.29, 0.717) is 12.5 Å². The van der Waals surface area contributed by atoms with Crippen LogP contribution in [0.4, 0.5) is 0 Å². The molecule has 1 amide bonds. The van der Waals surface area contributed by atoms with Crippen molar-refractivity contribution in [3.8, 4) is 0 Å². The Balaban J connectivity index is 2.68. The van der Waals surface area contributed by atoms with E-state index in [1.807, 2.05) is 11.0 Å². The predicted octanol–water partition coefficient (Wildman–Crippen LogP) is 2.33. The largest absolute Gasteiger partial charge is 0.337 e. The first kappa shape index (κ1) is 14.7. The summed E-state index contributed by atoms with van der Waals surface area (Å²) >= 11 is 0. The number of nitrogens with zero attached hydrogens (tertiary/aromatic N) is 1. The van der Waals surface area contributed by atoms with Crippen LogP contribution in [0.1, 0.15) is 31.4 Å². The molecule has 0 unspecified atom stereocenters. The van der Waals surface area contributed by atoms with Crippen LogP contribution in [0.25, 0.3) is 0 Å². The highest BCUT2D eigenvalue weighted by Crippen LogP contribution is 2.10. The molecule has 100 valence electrons. The lowest BCUT2D eigenvalue weighted by Gasteiger charge is -2.23. The van der Waals surface area contributed by atoms with Crippen LogP contribution in [0.2, 0.25) is 0 Å². The number of carbonyl (C=O) groups is 1. The summed E-state index contributed by atoms with van der Waals surface area (Å²) < 4.78 is 0. The monoisotopic (exact) mass is 248 g/mol. The normalized spacial score (nSPS) is 10.7. The maximum Gasteiger partial charge on any atom is 0.236 e. The number of amides is 1. The SMILES string of the molecule is Cc1cccc(CN(CCC(C)C)C(=O)CN)c1. The second-order valence-electron chi connectivity index (χ2n) is 5.19. The lowest BCUT2D eigenvalue weighted by molar-refractivity contribution is -0.130. The van der Waals surface area contributed by atoms with Crippen molar-refractivity contribution in [3.63, 3.8) is 0 Å². The molecule has 0 aliphatic carbocycles. The van der Waals surface area contributed by atoms with Crippen molar-refractivity contribution in [1.29, 1.82) is 0 Å². The van der Waals surface area contributed by atoms with Gasteiger partial charge in [0.25, 0.3) is 0 Å². The molecule has 3 nitrogen and oxygen atoms in total. The van der Waals surface area contributed by atoms with Gasteiger partial charge in [0.2, 0.25) is 5.91 Å². The van der Waals surface area contributed by atoms with Crippen molar-refractivity contribution in [2.45, 2.75) is 33.7 Å². The summed E-state index contributed by atoms with van der Waals surface area (Å²) in [5.74, 6) is 0.618. The summed E-state index contributed by atoms with van der Waals surface area (Å²) in [7, 11) is 0. The minimum Gasteiger partial charge on any atom is -0.337 e. The van der Waals surface area contributed by atoms with Gasteiger partial charge in [-0.05, 0) is 24.8 Å². The van der Waals surface area contributed by atoms with Gasteiger partial charge in [0.1, 0.15) is 0 Å². The van der Waals surface area contributed by atoms with Crippen LogP contribution < -0.4 is 5.73 Å². The average molecular weight is 248 g/mol. The molecule has 0 aromatic heterocycles. The summed E-state index contributed by atoms with van der Waals surface area (Å²) in [6, 6.07) is 8.26. The van der Waals surface area contributed by atoms with E-state index in [1.54, 1.807) is 0 Å². The van der Waals surface area contributed by atoms with Gasteiger partial charge in [-0.25, -0.2) is 0 Å². The molecule has 0 aliphatic heterocycles. The van der Waals surface area contributed by atoms with Gasteiger partial charge in [-0.2, -0.15) is 0 Å². The Labute approximate surface area is 110 Å². The van der Waals surface area contributed by atoms with Gasteiger partial charge >= 0.3 is 0 Å². The Hall–Kier alpha value is -1.35. The number of rotatable bonds is 6. The Morgan fingerprint density at radius 2 is 2.11 bits per heavy atom. The quantitative estimate of drug-likeness (QED) is 0.840. The van der Waals surface area contributed by atoms with E-state index in [2.05, 4.69) is 39.0 Å². The van der Waals surface area contributed by atoms with E-state index in [4.69, 9.17) is 5.73 Å². The van der Waals surface area contributed by atoms with Crippen molar-refractivity contribution in [2.24, 2.45) is 11.7 Å². The molecule has 0 saturated heterocycles. The molecule has 3 heteroatoms. The third-order valence-electron chi connectivity index (χ3n) is 2.96. The van der Waals surface area contributed by atoms with Crippen molar-refractivity contribution in [1.82, 2.24) is 4.90 Å². The van der Waals surface area contributed by atoms with Crippen LogP contribution in [0.15, 0.2) is 24.3 Å². The highest BCUT2D eigenvalue weighted by molar-refractivity contribution is 5.78. The minimum absolute atomic E-state index is 0.0251. The zero-order chi connectivity index (χ0) is 13.5. The second kappa shape index (κ2) is 7.17. The lowest BCUT2D eigenvalue weighted by atomic mass is 10.1. The predicted molar refractivity (Wildman–Crippen MR) is 75.1 cm³/mol. The van der Waals surface area contributed by atoms with Gasteiger partial charge in [0.15, 0.2) is 0 Å². The molecule has 2 N–H and O–H groups in total. The molecule has 0 saturated carbocycles. The number of benzene rings is 1. The third-order valence-corrected chi connectivity index (χ3v) is 2.96. The summed E-state index contributed by atoms with van der Waals surface area (Å²) in [5.41, 5.74) is 7.86. The van der Waals surface area contributed by atoms with E-state index in [-0.39, 0.29) is 12.5 Å². The summed E-state index contributed by atoms with van der Waals surface area (Å²) in [5, 5.41) is 0. The van der Waals surface area contributed by atoms with Crippen molar-refractivity contribution >= 4 is 5.91 Å². The van der Waals surface area contributed by atoms with Crippen LogP contribution in [0, 0.1) is 12.8 Å². The molecule has 0 bridgehead atoms. The first-order valence-electron chi connectivity index (χ1n) is 6.56. The van der Waals surface area contributed by atoms with Gasteiger partial charge < -0.3 is 10.6 Å². The van der Waals surface area contributed by atoms with Crippen LogP contribution in [-0.4, -0.2) is 23.9 Å². The maximum absolute atomic E-state index is 11.8.